The number of rotatable bonds is 6. The number of aromatic nitrogens is 1. The van der Waals surface area contributed by atoms with Crippen molar-refractivity contribution in [2.24, 2.45) is 0 Å². The molecule has 2 aromatic carbocycles. The topological polar surface area (TPSA) is 83.9 Å². The van der Waals surface area contributed by atoms with Gasteiger partial charge in [0.05, 0.1) is 35.6 Å². The molecule has 1 amide bonds. The van der Waals surface area contributed by atoms with Crippen LogP contribution in [-0.2, 0) is 6.18 Å². The number of pyridine rings is 1. The normalized spacial score (nSPS) is 15.3. The third-order valence-corrected chi connectivity index (χ3v) is 5.54. The van der Waals surface area contributed by atoms with E-state index in [0.717, 1.165) is 11.6 Å². The van der Waals surface area contributed by atoms with Crippen LogP contribution in [0.2, 0.25) is 0 Å². The van der Waals surface area contributed by atoms with Crippen LogP contribution in [-0.4, -0.2) is 41.4 Å². The molecule has 0 fully saturated rings. The second-order valence-electron chi connectivity index (χ2n) is 8.69. The van der Waals surface area contributed by atoms with Crippen LogP contribution in [0.5, 0.6) is 11.5 Å². The molecule has 0 saturated heterocycles. The maximum atomic E-state index is 13.6. The van der Waals surface area contributed by atoms with E-state index in [1.165, 1.54) is 18.2 Å². The summed E-state index contributed by atoms with van der Waals surface area (Å²) in [5.41, 5.74) is 0.590. The number of nitrogens with one attached hydrogen (secondary N) is 1. The number of amides is 1. The van der Waals surface area contributed by atoms with Gasteiger partial charge in [0.25, 0.3) is 5.91 Å². The summed E-state index contributed by atoms with van der Waals surface area (Å²) in [5, 5.41) is 12.4. The van der Waals surface area contributed by atoms with E-state index in [1.807, 2.05) is 13.0 Å². The van der Waals surface area contributed by atoms with Crippen molar-refractivity contribution >= 4 is 23.1 Å². The smallest absolute Gasteiger partial charge is 0.420 e. The zero-order valence-electron chi connectivity index (χ0n) is 20.0. The van der Waals surface area contributed by atoms with Gasteiger partial charge in [-0.25, -0.2) is 4.98 Å². The maximum Gasteiger partial charge on any atom is 0.420 e. The molecule has 10 heteroatoms. The molecule has 7 nitrogen and oxygen atoms in total. The first-order chi connectivity index (χ1) is 17.1. The summed E-state index contributed by atoms with van der Waals surface area (Å²) in [4.78, 5) is 19.4. The summed E-state index contributed by atoms with van der Waals surface area (Å²) in [5.74, 6) is -0.140. The van der Waals surface area contributed by atoms with Gasteiger partial charge in [0.15, 0.2) is 5.75 Å². The number of anilines is 3. The van der Waals surface area contributed by atoms with Gasteiger partial charge >= 0.3 is 6.18 Å². The number of carbonyl (C=O) groups excluding carboxylic acids is 1. The SMILES string of the molecule is Cc1ccc(N2c3cccc(C(=O)Nc4ccc(OC(C)C)c(C(F)(F)F)c4)c3OC[C@@H]2CO)nc1. The number of alkyl halides is 3. The number of halogens is 3. The molecular weight excluding hydrogens is 475 g/mol. The maximum absolute atomic E-state index is 13.6. The van der Waals surface area contributed by atoms with Crippen LogP contribution in [0, 0.1) is 6.92 Å². The van der Waals surface area contributed by atoms with Gasteiger partial charge in [-0.1, -0.05) is 12.1 Å². The van der Waals surface area contributed by atoms with Crippen molar-refractivity contribution in [3.05, 3.63) is 71.4 Å². The number of hydrogen-bond acceptors (Lipinski definition) is 6. The number of aryl methyl sites for hydroxylation is 1. The molecule has 0 radical (unpaired) electrons. The second kappa shape index (κ2) is 10.1. The van der Waals surface area contributed by atoms with E-state index in [4.69, 9.17) is 9.47 Å². The summed E-state index contributed by atoms with van der Waals surface area (Å²) in [6, 6.07) is 11.5. The Morgan fingerprint density at radius 1 is 1.25 bits per heavy atom. The minimum Gasteiger partial charge on any atom is -0.490 e. The average molecular weight is 502 g/mol. The molecule has 0 bridgehead atoms. The van der Waals surface area contributed by atoms with Crippen molar-refractivity contribution in [3.63, 3.8) is 0 Å². The summed E-state index contributed by atoms with van der Waals surface area (Å²) in [6.45, 7) is 5.04. The first-order valence-electron chi connectivity index (χ1n) is 11.4. The molecule has 1 atom stereocenters. The van der Waals surface area contributed by atoms with Gasteiger partial charge in [-0.15, -0.1) is 0 Å². The lowest BCUT2D eigenvalue weighted by molar-refractivity contribution is -0.139. The number of benzene rings is 2. The van der Waals surface area contributed by atoms with Gasteiger partial charge in [0.2, 0.25) is 0 Å². The Morgan fingerprint density at radius 2 is 2.03 bits per heavy atom. The Kier molecular flexibility index (Phi) is 7.07. The largest absolute Gasteiger partial charge is 0.490 e. The van der Waals surface area contributed by atoms with E-state index < -0.39 is 29.8 Å². The van der Waals surface area contributed by atoms with Crippen LogP contribution < -0.4 is 19.7 Å². The number of hydrogen-bond donors (Lipinski definition) is 2. The number of nitrogens with zero attached hydrogens (tertiary/aromatic N) is 2. The van der Waals surface area contributed by atoms with Crippen LogP contribution >= 0.6 is 0 Å². The van der Waals surface area contributed by atoms with Crippen LogP contribution in [0.15, 0.2) is 54.7 Å². The van der Waals surface area contributed by atoms with Crippen LogP contribution in [0.25, 0.3) is 0 Å². The minimum absolute atomic E-state index is 0.0397. The molecule has 3 aromatic rings. The highest BCUT2D eigenvalue weighted by Crippen LogP contribution is 2.42. The Bertz CT molecular complexity index is 1250. The molecule has 1 aliphatic heterocycles. The fourth-order valence-corrected chi connectivity index (χ4v) is 3.93. The van der Waals surface area contributed by atoms with Crippen LogP contribution in [0.1, 0.15) is 35.3 Å². The number of aliphatic hydroxyl groups excluding tert-OH is 1. The number of para-hydroxylation sites is 1. The van der Waals surface area contributed by atoms with Crippen molar-refractivity contribution in [1.82, 2.24) is 4.98 Å². The molecule has 0 saturated carbocycles. The van der Waals surface area contributed by atoms with Gasteiger partial charge in [-0.05, 0) is 62.7 Å². The van der Waals surface area contributed by atoms with Gasteiger partial charge in [0.1, 0.15) is 18.2 Å². The molecular formula is C26H26F3N3O4. The second-order valence-corrected chi connectivity index (χ2v) is 8.69. The quantitative estimate of drug-likeness (QED) is 0.475. The summed E-state index contributed by atoms with van der Waals surface area (Å²) in [7, 11) is 0. The molecule has 2 N–H and O–H groups in total. The Balaban J connectivity index is 1.67. The minimum atomic E-state index is -4.67. The molecule has 0 unspecified atom stereocenters. The van der Waals surface area contributed by atoms with E-state index in [9.17, 15) is 23.1 Å². The fraction of sp³-hybridized carbons (Fsp3) is 0.308. The molecule has 1 aromatic heterocycles. The molecule has 0 aliphatic carbocycles. The Labute approximate surface area is 206 Å². The van der Waals surface area contributed by atoms with E-state index in [1.54, 1.807) is 43.1 Å². The predicted molar refractivity (Wildman–Crippen MR) is 129 cm³/mol. The van der Waals surface area contributed by atoms with Crippen molar-refractivity contribution in [2.45, 2.75) is 39.1 Å². The van der Waals surface area contributed by atoms with Crippen molar-refractivity contribution < 1.29 is 32.5 Å². The van der Waals surface area contributed by atoms with E-state index in [0.29, 0.717) is 11.5 Å². The van der Waals surface area contributed by atoms with Crippen molar-refractivity contribution in [1.29, 1.82) is 0 Å². The Hall–Kier alpha value is -3.79. The van der Waals surface area contributed by atoms with E-state index in [2.05, 4.69) is 10.3 Å². The number of fused-ring (bicyclic) bond motifs is 1. The highest BCUT2D eigenvalue weighted by Gasteiger charge is 2.36. The Morgan fingerprint density at radius 3 is 2.67 bits per heavy atom. The first-order valence-corrected chi connectivity index (χ1v) is 11.4. The summed E-state index contributed by atoms with van der Waals surface area (Å²) < 4.78 is 52.0. The fourth-order valence-electron chi connectivity index (χ4n) is 3.93. The zero-order chi connectivity index (χ0) is 26.0. The molecule has 0 spiro atoms. The molecule has 36 heavy (non-hydrogen) atoms. The van der Waals surface area contributed by atoms with Gasteiger partial charge in [0, 0.05) is 11.9 Å². The molecule has 190 valence electrons. The summed E-state index contributed by atoms with van der Waals surface area (Å²) in [6.07, 6.45) is -3.42. The summed E-state index contributed by atoms with van der Waals surface area (Å²) >= 11 is 0. The van der Waals surface area contributed by atoms with Crippen LogP contribution in [0.4, 0.5) is 30.4 Å². The third kappa shape index (κ3) is 5.23. The first kappa shape index (κ1) is 25.3. The predicted octanol–water partition coefficient (Wildman–Crippen LogP) is 5.34. The van der Waals surface area contributed by atoms with Crippen molar-refractivity contribution in [3.8, 4) is 11.5 Å². The van der Waals surface area contributed by atoms with Crippen LogP contribution in [0.3, 0.4) is 0 Å². The molecule has 4 rings (SSSR count). The lowest BCUT2D eigenvalue weighted by Gasteiger charge is -2.37. The van der Waals surface area contributed by atoms with Gasteiger partial charge < -0.3 is 24.8 Å². The van der Waals surface area contributed by atoms with Gasteiger partial charge in [-0.2, -0.15) is 13.2 Å². The number of aliphatic hydroxyl groups is 1. The van der Waals surface area contributed by atoms with Gasteiger partial charge in [-0.3, -0.25) is 4.79 Å². The van der Waals surface area contributed by atoms with E-state index >= 15 is 0 Å². The van der Waals surface area contributed by atoms with E-state index in [-0.39, 0.29) is 36.0 Å². The zero-order valence-corrected chi connectivity index (χ0v) is 20.0. The highest BCUT2D eigenvalue weighted by atomic mass is 19.4. The lowest BCUT2D eigenvalue weighted by atomic mass is 10.1. The number of ether oxygens (including phenoxy) is 2. The average Bonchev–Trinajstić information content (AvgIpc) is 2.83. The van der Waals surface area contributed by atoms with Crippen molar-refractivity contribution in [2.75, 3.05) is 23.4 Å². The number of carbonyl (C=O) groups is 1. The standard InChI is InChI=1S/C26H26F3N3O4/c1-15(2)36-22-9-8-17(11-20(22)26(27,28)29)31-25(34)19-5-4-6-21-24(19)35-14-18(13-33)32(21)23-10-7-16(3)12-30-23/h4-12,15,18,33H,13-14H2,1-3H3,(H,31,34)/t18-/m0/s1. The highest BCUT2D eigenvalue weighted by molar-refractivity contribution is 6.07. The lowest BCUT2D eigenvalue weighted by Crippen LogP contribution is -2.43. The monoisotopic (exact) mass is 501 g/mol. The third-order valence-electron chi connectivity index (χ3n) is 5.54. The molecule has 2 heterocycles. The molecule has 1 aliphatic rings.